The van der Waals surface area contributed by atoms with Crippen molar-refractivity contribution in [3.8, 4) is 0 Å². The van der Waals surface area contributed by atoms with Crippen molar-refractivity contribution in [2.75, 3.05) is 0 Å². The highest BCUT2D eigenvalue weighted by molar-refractivity contribution is 6.76. The smallest absolute Gasteiger partial charge is 0.319 e. The number of allylic oxidation sites excluding steroid dienone is 2. The van der Waals surface area contributed by atoms with E-state index in [4.69, 9.17) is 4.74 Å². The lowest BCUT2D eigenvalue weighted by molar-refractivity contribution is -0.167. The van der Waals surface area contributed by atoms with E-state index in [1.807, 2.05) is 32.9 Å². The van der Waals surface area contributed by atoms with Gasteiger partial charge in [-0.25, -0.2) is 0 Å². The van der Waals surface area contributed by atoms with Crippen LogP contribution in [-0.4, -0.2) is 30.9 Å². The molecule has 0 radical (unpaired) electrons. The summed E-state index contributed by atoms with van der Waals surface area (Å²) in [4.78, 5) is 13.4. The Bertz CT molecular complexity index is 497. The Hall–Kier alpha value is -0.873. The standard InChI is InChI=1S/C24H46O3Si/c1-9-11-13-14-15-17-19-24(20-28(6,7)8,21(25)18-16-12-10-2)22(26)27-23(3,4)5/h16-19,21,25H,9-15,20H2,1-8H3/b18-16+,19-17+/t21-,24-/m0/s1. The fraction of sp³-hybridized carbons (Fsp3) is 0.792. The van der Waals surface area contributed by atoms with Gasteiger partial charge in [-0.2, -0.15) is 0 Å². The van der Waals surface area contributed by atoms with Crippen LogP contribution in [0.2, 0.25) is 25.7 Å². The maximum atomic E-state index is 13.4. The number of hydrogen-bond acceptors (Lipinski definition) is 3. The molecule has 0 aliphatic rings. The molecule has 4 heteroatoms. The molecule has 0 rings (SSSR count). The lowest BCUT2D eigenvalue weighted by Gasteiger charge is -2.38. The van der Waals surface area contributed by atoms with Crippen LogP contribution in [0.5, 0.6) is 0 Å². The molecular formula is C24H46O3Si. The van der Waals surface area contributed by atoms with Crippen molar-refractivity contribution < 1.29 is 14.6 Å². The first-order chi connectivity index (χ1) is 12.9. The lowest BCUT2D eigenvalue weighted by atomic mass is 9.82. The molecule has 0 aromatic heterocycles. The molecule has 164 valence electrons. The van der Waals surface area contributed by atoms with Gasteiger partial charge in [-0.15, -0.1) is 0 Å². The molecule has 0 saturated carbocycles. The average molecular weight is 411 g/mol. The maximum Gasteiger partial charge on any atom is 0.319 e. The zero-order valence-corrected chi connectivity index (χ0v) is 20.8. The summed E-state index contributed by atoms with van der Waals surface area (Å²) in [6.07, 6.45) is 14.6. The van der Waals surface area contributed by atoms with Crippen LogP contribution in [0.1, 0.15) is 79.6 Å². The second kappa shape index (κ2) is 12.6. The van der Waals surface area contributed by atoms with Crippen molar-refractivity contribution in [3.05, 3.63) is 24.3 Å². The third-order valence-electron chi connectivity index (χ3n) is 4.54. The van der Waals surface area contributed by atoms with Gasteiger partial charge < -0.3 is 9.84 Å². The van der Waals surface area contributed by atoms with E-state index >= 15 is 0 Å². The second-order valence-electron chi connectivity index (χ2n) is 10.2. The zero-order chi connectivity index (χ0) is 21.8. The van der Waals surface area contributed by atoms with Gasteiger partial charge >= 0.3 is 5.97 Å². The van der Waals surface area contributed by atoms with Crippen molar-refractivity contribution in [1.82, 2.24) is 0 Å². The normalized spacial score (nSPS) is 16.5. The molecule has 0 spiro atoms. The number of hydrogen-bond donors (Lipinski definition) is 1. The maximum absolute atomic E-state index is 13.4. The number of rotatable bonds is 13. The van der Waals surface area contributed by atoms with Crippen LogP contribution in [-0.2, 0) is 9.53 Å². The zero-order valence-electron chi connectivity index (χ0n) is 19.8. The first kappa shape index (κ1) is 27.1. The van der Waals surface area contributed by atoms with E-state index in [0.717, 1.165) is 25.7 Å². The van der Waals surface area contributed by atoms with Crippen molar-refractivity contribution in [3.63, 3.8) is 0 Å². The molecule has 0 amide bonds. The van der Waals surface area contributed by atoms with Gasteiger partial charge in [0.1, 0.15) is 11.0 Å². The van der Waals surface area contributed by atoms with Crippen LogP contribution >= 0.6 is 0 Å². The molecular weight excluding hydrogens is 364 g/mol. The molecule has 1 N–H and O–H groups in total. The molecule has 0 heterocycles. The number of esters is 1. The minimum Gasteiger partial charge on any atom is -0.459 e. The van der Waals surface area contributed by atoms with Gasteiger partial charge in [-0.05, 0) is 46.1 Å². The van der Waals surface area contributed by atoms with Gasteiger partial charge in [-0.3, -0.25) is 4.79 Å². The van der Waals surface area contributed by atoms with Gasteiger partial charge in [0.25, 0.3) is 0 Å². The first-order valence-corrected chi connectivity index (χ1v) is 14.8. The minimum atomic E-state index is -1.67. The van der Waals surface area contributed by atoms with Crippen LogP contribution in [0.25, 0.3) is 0 Å². The Balaban J connectivity index is 5.83. The fourth-order valence-corrected chi connectivity index (χ4v) is 5.55. The molecule has 0 aliphatic carbocycles. The summed E-state index contributed by atoms with van der Waals surface area (Å²) in [6.45, 7) is 16.7. The highest BCUT2D eigenvalue weighted by Crippen LogP contribution is 2.38. The summed E-state index contributed by atoms with van der Waals surface area (Å²) in [5, 5.41) is 11.1. The summed E-state index contributed by atoms with van der Waals surface area (Å²) in [5.74, 6) is -0.305. The van der Waals surface area contributed by atoms with Crippen molar-refractivity contribution in [1.29, 1.82) is 0 Å². The van der Waals surface area contributed by atoms with Crippen LogP contribution in [0.3, 0.4) is 0 Å². The molecule has 2 atom stereocenters. The lowest BCUT2D eigenvalue weighted by Crippen LogP contribution is -2.48. The van der Waals surface area contributed by atoms with E-state index in [1.165, 1.54) is 19.3 Å². The predicted octanol–water partition coefficient (Wildman–Crippen LogP) is 6.90. The summed E-state index contributed by atoms with van der Waals surface area (Å²) in [5.41, 5.74) is -1.59. The number of aliphatic hydroxyl groups is 1. The van der Waals surface area contributed by atoms with Gasteiger partial charge in [0.05, 0.1) is 6.10 Å². The Morgan fingerprint density at radius 1 is 1.00 bits per heavy atom. The third kappa shape index (κ3) is 11.2. The highest BCUT2D eigenvalue weighted by atomic mass is 28.3. The van der Waals surface area contributed by atoms with E-state index in [2.05, 4.69) is 39.6 Å². The van der Waals surface area contributed by atoms with Gasteiger partial charge in [0, 0.05) is 8.07 Å². The quantitative estimate of drug-likeness (QED) is 0.155. The van der Waals surface area contributed by atoms with Crippen LogP contribution < -0.4 is 0 Å². The van der Waals surface area contributed by atoms with Crippen molar-refractivity contribution in [2.45, 2.75) is 117 Å². The number of unbranched alkanes of at least 4 members (excludes halogenated alkanes) is 5. The van der Waals surface area contributed by atoms with Crippen LogP contribution in [0, 0.1) is 5.41 Å². The van der Waals surface area contributed by atoms with Gasteiger partial charge in [-0.1, -0.05) is 83.5 Å². The molecule has 28 heavy (non-hydrogen) atoms. The predicted molar refractivity (Wildman–Crippen MR) is 124 cm³/mol. The third-order valence-corrected chi connectivity index (χ3v) is 6.19. The monoisotopic (exact) mass is 410 g/mol. The number of carbonyl (C=O) groups excluding carboxylic acids is 1. The molecule has 0 aromatic rings. The Morgan fingerprint density at radius 3 is 2.14 bits per heavy atom. The van der Waals surface area contributed by atoms with Crippen molar-refractivity contribution in [2.24, 2.45) is 5.41 Å². The Labute approximate surface area is 175 Å². The Morgan fingerprint density at radius 2 is 1.64 bits per heavy atom. The molecule has 0 fully saturated rings. The number of carbonyl (C=O) groups is 1. The second-order valence-corrected chi connectivity index (χ2v) is 15.7. The molecule has 0 saturated heterocycles. The fourth-order valence-electron chi connectivity index (χ4n) is 3.32. The molecule has 3 nitrogen and oxygen atoms in total. The first-order valence-electron chi connectivity index (χ1n) is 11.1. The summed E-state index contributed by atoms with van der Waals surface area (Å²) in [6, 6.07) is 0.665. The van der Waals surface area contributed by atoms with Crippen LogP contribution in [0.4, 0.5) is 0 Å². The average Bonchev–Trinajstić information content (AvgIpc) is 2.54. The number of aliphatic hydroxyl groups excluding tert-OH is 1. The van der Waals surface area contributed by atoms with Gasteiger partial charge in [0.15, 0.2) is 0 Å². The van der Waals surface area contributed by atoms with Crippen LogP contribution in [0.15, 0.2) is 24.3 Å². The van der Waals surface area contributed by atoms with E-state index in [9.17, 15) is 9.90 Å². The topological polar surface area (TPSA) is 46.5 Å². The minimum absolute atomic E-state index is 0.305. The largest absolute Gasteiger partial charge is 0.459 e. The Kier molecular flexibility index (Phi) is 12.2. The van der Waals surface area contributed by atoms with Gasteiger partial charge in [0.2, 0.25) is 0 Å². The highest BCUT2D eigenvalue weighted by Gasteiger charge is 2.47. The summed E-state index contributed by atoms with van der Waals surface area (Å²) in [7, 11) is -1.67. The SMILES string of the molecule is CCC/C=C/[C@H](O)[C@](/C=C/CCCCCC)(C[Si](C)(C)C)C(=O)OC(C)(C)C. The van der Waals surface area contributed by atoms with E-state index < -0.39 is 25.2 Å². The van der Waals surface area contributed by atoms with Crippen molar-refractivity contribution >= 4 is 14.0 Å². The molecule has 0 aromatic carbocycles. The van der Waals surface area contributed by atoms with E-state index in [-0.39, 0.29) is 5.97 Å². The summed E-state index contributed by atoms with van der Waals surface area (Å²) < 4.78 is 5.81. The molecule has 0 unspecified atom stereocenters. The molecule has 0 bridgehead atoms. The number of ether oxygens (including phenoxy) is 1. The van der Waals surface area contributed by atoms with E-state index in [0.29, 0.717) is 6.04 Å². The molecule has 0 aliphatic heterocycles. The van der Waals surface area contributed by atoms with E-state index in [1.54, 1.807) is 6.08 Å². The summed E-state index contributed by atoms with van der Waals surface area (Å²) >= 11 is 0.